The summed E-state index contributed by atoms with van der Waals surface area (Å²) in [5.41, 5.74) is 2.18. The van der Waals surface area contributed by atoms with Crippen molar-refractivity contribution in [3.63, 3.8) is 0 Å². The molecule has 0 spiro atoms. The minimum Gasteiger partial charge on any atom is -0.344 e. The zero-order valence-electron chi connectivity index (χ0n) is 14.3. The molecule has 3 heterocycles. The Morgan fingerprint density at radius 3 is 2.52 bits per heavy atom. The predicted octanol–water partition coefficient (Wildman–Crippen LogP) is 3.06. The second-order valence-electron chi connectivity index (χ2n) is 6.27. The lowest BCUT2D eigenvalue weighted by Gasteiger charge is -2.34. The first-order valence-corrected chi connectivity index (χ1v) is 9.28. The minimum absolute atomic E-state index is 0.336. The number of hydrogen-bond donors (Lipinski definition) is 0. The van der Waals surface area contributed by atoms with Gasteiger partial charge < -0.3 is 4.90 Å². The van der Waals surface area contributed by atoms with Crippen LogP contribution in [0, 0.1) is 0 Å². The second kappa shape index (κ2) is 7.28. The maximum Gasteiger partial charge on any atom is 0.445 e. The summed E-state index contributed by atoms with van der Waals surface area (Å²) in [6.07, 6.45) is -0.796. The van der Waals surface area contributed by atoms with Crippen LogP contribution < -0.4 is 4.90 Å². The van der Waals surface area contributed by atoms with Crippen LogP contribution in [0.25, 0.3) is 5.69 Å². The highest BCUT2D eigenvalue weighted by molar-refractivity contribution is 7.15. The summed E-state index contributed by atoms with van der Waals surface area (Å²) in [4.78, 5) is 4.15. The predicted molar refractivity (Wildman–Crippen MR) is 96.0 cm³/mol. The lowest BCUT2D eigenvalue weighted by atomic mass is 10.1. The number of anilines is 1. The third-order valence-corrected chi connectivity index (χ3v) is 5.41. The van der Waals surface area contributed by atoms with E-state index in [2.05, 4.69) is 32.3 Å². The van der Waals surface area contributed by atoms with Gasteiger partial charge in [-0.15, -0.1) is 10.2 Å². The lowest BCUT2D eigenvalue weighted by molar-refractivity contribution is -0.138. The molecule has 0 saturated carbocycles. The molecule has 0 amide bonds. The fourth-order valence-corrected chi connectivity index (χ4v) is 3.80. The lowest BCUT2D eigenvalue weighted by Crippen LogP contribution is -2.45. The van der Waals surface area contributed by atoms with E-state index >= 15 is 0 Å². The normalized spacial score (nSPS) is 16.0. The number of nitrogens with zero attached hydrogens (tertiary/aromatic N) is 6. The van der Waals surface area contributed by atoms with E-state index in [4.69, 9.17) is 0 Å². The summed E-state index contributed by atoms with van der Waals surface area (Å²) in [6.45, 7) is 3.56. The quantitative estimate of drug-likeness (QED) is 0.681. The highest BCUT2D eigenvalue weighted by Crippen LogP contribution is 2.34. The van der Waals surface area contributed by atoms with Gasteiger partial charge in [-0.2, -0.15) is 18.3 Å². The number of alkyl halides is 3. The van der Waals surface area contributed by atoms with Gasteiger partial charge in [0.15, 0.2) is 0 Å². The maximum atomic E-state index is 12.7. The SMILES string of the molecule is FC(F)(F)c1nnc(N2CCN(Cc3cccc(-n4cccn4)c3)CC2)s1. The Morgan fingerprint density at radius 1 is 1.04 bits per heavy atom. The molecule has 4 rings (SSSR count). The van der Waals surface area contributed by atoms with Gasteiger partial charge in [0.25, 0.3) is 0 Å². The first kappa shape index (κ1) is 17.9. The van der Waals surface area contributed by atoms with E-state index in [0.29, 0.717) is 29.6 Å². The molecule has 142 valence electrons. The third kappa shape index (κ3) is 4.11. The topological polar surface area (TPSA) is 50.1 Å². The first-order chi connectivity index (χ1) is 13.0. The molecule has 2 aromatic heterocycles. The number of aromatic nitrogens is 4. The monoisotopic (exact) mass is 394 g/mol. The van der Waals surface area contributed by atoms with Gasteiger partial charge in [0.1, 0.15) is 0 Å². The molecule has 0 atom stereocenters. The second-order valence-corrected chi connectivity index (χ2v) is 7.23. The molecule has 6 nitrogen and oxygen atoms in total. The summed E-state index contributed by atoms with van der Waals surface area (Å²) < 4.78 is 39.9. The van der Waals surface area contributed by atoms with Crippen molar-refractivity contribution in [3.05, 3.63) is 53.3 Å². The molecule has 10 heteroatoms. The van der Waals surface area contributed by atoms with Crippen molar-refractivity contribution < 1.29 is 13.2 Å². The molecule has 3 aromatic rings. The van der Waals surface area contributed by atoms with Crippen molar-refractivity contribution in [1.82, 2.24) is 24.9 Å². The minimum atomic E-state index is -4.43. The first-order valence-electron chi connectivity index (χ1n) is 8.46. The Bertz CT molecular complexity index is 884. The Labute approximate surface area is 157 Å². The van der Waals surface area contributed by atoms with Crippen molar-refractivity contribution in [2.45, 2.75) is 12.7 Å². The zero-order chi connectivity index (χ0) is 18.9. The molecule has 0 aliphatic carbocycles. The molecule has 1 aliphatic heterocycles. The van der Waals surface area contributed by atoms with Gasteiger partial charge in [-0.25, -0.2) is 4.68 Å². The molecule has 0 unspecified atom stereocenters. The van der Waals surface area contributed by atoms with Gasteiger partial charge in [-0.1, -0.05) is 23.5 Å². The van der Waals surface area contributed by atoms with Gasteiger partial charge in [0.05, 0.1) is 5.69 Å². The number of rotatable bonds is 4. The van der Waals surface area contributed by atoms with E-state index in [1.807, 2.05) is 34.0 Å². The molecule has 27 heavy (non-hydrogen) atoms. The summed E-state index contributed by atoms with van der Waals surface area (Å²) in [7, 11) is 0. The Hall–Kier alpha value is -2.46. The molecular formula is C17H17F3N6S. The van der Waals surface area contributed by atoms with Gasteiger partial charge in [0.2, 0.25) is 10.1 Å². The molecule has 1 fully saturated rings. The maximum absolute atomic E-state index is 12.7. The Morgan fingerprint density at radius 2 is 1.85 bits per heavy atom. The van der Waals surface area contributed by atoms with Crippen LogP contribution in [0.3, 0.4) is 0 Å². The van der Waals surface area contributed by atoms with Crippen LogP contribution in [0.4, 0.5) is 18.3 Å². The van der Waals surface area contributed by atoms with Crippen LogP contribution >= 0.6 is 11.3 Å². The number of hydrogen-bond acceptors (Lipinski definition) is 6. The van der Waals surface area contributed by atoms with Crippen LogP contribution in [0.15, 0.2) is 42.7 Å². The fraction of sp³-hybridized carbons (Fsp3) is 0.353. The van der Waals surface area contributed by atoms with Crippen LogP contribution in [-0.4, -0.2) is 51.1 Å². The summed E-state index contributed by atoms with van der Waals surface area (Å²) in [6, 6.07) is 10.0. The van der Waals surface area contributed by atoms with E-state index in [0.717, 1.165) is 25.3 Å². The van der Waals surface area contributed by atoms with Crippen molar-refractivity contribution in [1.29, 1.82) is 0 Å². The van der Waals surface area contributed by atoms with E-state index in [9.17, 15) is 13.2 Å². The smallest absolute Gasteiger partial charge is 0.344 e. The van der Waals surface area contributed by atoms with Crippen molar-refractivity contribution >= 4 is 16.5 Å². The van der Waals surface area contributed by atoms with E-state index in [1.54, 1.807) is 6.20 Å². The van der Waals surface area contributed by atoms with Crippen molar-refractivity contribution in [3.8, 4) is 5.69 Å². The van der Waals surface area contributed by atoms with E-state index in [1.165, 1.54) is 5.56 Å². The highest BCUT2D eigenvalue weighted by Gasteiger charge is 2.36. The fourth-order valence-electron chi connectivity index (χ4n) is 3.03. The number of benzene rings is 1. The molecule has 0 N–H and O–H groups in total. The Kier molecular flexibility index (Phi) is 4.83. The number of piperazine rings is 1. The van der Waals surface area contributed by atoms with Gasteiger partial charge >= 0.3 is 6.18 Å². The summed E-state index contributed by atoms with van der Waals surface area (Å²) >= 11 is 0.602. The Balaban J connectivity index is 1.36. The molecular weight excluding hydrogens is 377 g/mol. The largest absolute Gasteiger partial charge is 0.445 e. The van der Waals surface area contributed by atoms with Crippen LogP contribution in [-0.2, 0) is 12.7 Å². The molecule has 1 aromatic carbocycles. The van der Waals surface area contributed by atoms with Gasteiger partial charge in [-0.3, -0.25) is 4.90 Å². The molecule has 0 radical (unpaired) electrons. The standard InChI is InChI=1S/C17H17F3N6S/c18-17(19,20)15-22-23-16(27-15)25-9-7-24(8-10-25)12-13-3-1-4-14(11-13)26-6-2-5-21-26/h1-6,11H,7-10,12H2. The van der Waals surface area contributed by atoms with Gasteiger partial charge in [-0.05, 0) is 23.8 Å². The zero-order valence-corrected chi connectivity index (χ0v) is 15.1. The summed E-state index contributed by atoms with van der Waals surface area (Å²) in [5.74, 6) is 0. The number of halogens is 3. The van der Waals surface area contributed by atoms with Crippen LogP contribution in [0.2, 0.25) is 0 Å². The molecule has 0 bridgehead atoms. The van der Waals surface area contributed by atoms with E-state index in [-0.39, 0.29) is 0 Å². The average molecular weight is 394 g/mol. The molecule has 1 aliphatic rings. The molecule has 1 saturated heterocycles. The average Bonchev–Trinajstić information content (AvgIpc) is 3.34. The van der Waals surface area contributed by atoms with Gasteiger partial charge in [0, 0.05) is 45.1 Å². The van der Waals surface area contributed by atoms with Crippen LogP contribution in [0.5, 0.6) is 0 Å². The van der Waals surface area contributed by atoms with E-state index < -0.39 is 11.2 Å². The third-order valence-electron chi connectivity index (χ3n) is 4.39. The summed E-state index contributed by atoms with van der Waals surface area (Å²) in [5, 5.41) is 10.6. The van der Waals surface area contributed by atoms with Crippen molar-refractivity contribution in [2.24, 2.45) is 0 Å². The van der Waals surface area contributed by atoms with Crippen LogP contribution in [0.1, 0.15) is 10.6 Å². The van der Waals surface area contributed by atoms with Crippen molar-refractivity contribution in [2.75, 3.05) is 31.1 Å². The highest BCUT2D eigenvalue weighted by atomic mass is 32.1.